The van der Waals surface area contributed by atoms with Crippen LogP contribution >= 0.6 is 0 Å². The minimum atomic E-state index is -0.459. The lowest BCUT2D eigenvalue weighted by Crippen LogP contribution is -2.24. The lowest BCUT2D eigenvalue weighted by Gasteiger charge is -2.16. The van der Waals surface area contributed by atoms with E-state index in [4.69, 9.17) is 19.3 Å². The number of hydrogen-bond donors (Lipinski definition) is 1. The number of ether oxygens (including phenoxy) is 3. The van der Waals surface area contributed by atoms with Gasteiger partial charge in [-0.15, -0.1) is 0 Å². The normalized spacial score (nSPS) is 25.5. The summed E-state index contributed by atoms with van der Waals surface area (Å²) in [6.07, 6.45) is 1.75. The van der Waals surface area contributed by atoms with Crippen LogP contribution in [0.25, 0.3) is 0 Å². The van der Waals surface area contributed by atoms with Gasteiger partial charge in [0.1, 0.15) is 6.10 Å². The van der Waals surface area contributed by atoms with Gasteiger partial charge in [-0.3, -0.25) is 0 Å². The van der Waals surface area contributed by atoms with E-state index in [9.17, 15) is 0 Å². The van der Waals surface area contributed by atoms with Crippen molar-refractivity contribution in [2.24, 2.45) is 0 Å². The van der Waals surface area contributed by atoms with Gasteiger partial charge in [0.2, 0.25) is 0 Å². The highest BCUT2D eigenvalue weighted by Gasteiger charge is 2.32. The van der Waals surface area contributed by atoms with Gasteiger partial charge in [0.25, 0.3) is 0 Å². The van der Waals surface area contributed by atoms with Gasteiger partial charge in [-0.1, -0.05) is 0 Å². The topological polar surface area (TPSA) is 47.9 Å². The number of rotatable bonds is 6. The van der Waals surface area contributed by atoms with Crippen molar-refractivity contribution in [3.63, 3.8) is 0 Å². The Morgan fingerprint density at radius 3 is 2.79 bits per heavy atom. The molecule has 0 spiro atoms. The predicted octanol–water partition coefficient (Wildman–Crippen LogP) is 0.927. The summed E-state index contributed by atoms with van der Waals surface area (Å²) in [7, 11) is 0. The molecule has 0 aromatic heterocycles. The lowest BCUT2D eigenvalue weighted by molar-refractivity contribution is -0.145. The van der Waals surface area contributed by atoms with E-state index >= 15 is 0 Å². The molecular weight excluding hydrogens is 184 g/mol. The van der Waals surface area contributed by atoms with Crippen LogP contribution in [-0.2, 0) is 14.2 Å². The lowest BCUT2D eigenvalue weighted by atomic mass is 10.3. The molecule has 0 aromatic rings. The molecule has 1 fully saturated rings. The first-order chi connectivity index (χ1) is 6.64. The van der Waals surface area contributed by atoms with Gasteiger partial charge in [0.15, 0.2) is 5.79 Å². The molecule has 0 aliphatic carbocycles. The number of unbranched alkanes of at least 4 members (excludes halogenated alkanes) is 1. The quantitative estimate of drug-likeness (QED) is 0.654. The zero-order chi connectivity index (χ0) is 10.4. The fourth-order valence-corrected chi connectivity index (χ4v) is 1.38. The van der Waals surface area contributed by atoms with Crippen molar-refractivity contribution >= 4 is 0 Å². The van der Waals surface area contributed by atoms with E-state index in [-0.39, 0.29) is 12.7 Å². The Bertz CT molecular complexity index is 158. The first-order valence-corrected chi connectivity index (χ1v) is 5.14. The van der Waals surface area contributed by atoms with Crippen LogP contribution in [-0.4, -0.2) is 43.4 Å². The molecule has 1 aliphatic rings. The molecule has 14 heavy (non-hydrogen) atoms. The van der Waals surface area contributed by atoms with Gasteiger partial charge in [0.05, 0.1) is 13.2 Å². The standard InChI is InChI=1S/C10H20O4/c1-10(2)13-8-9(14-10)7-12-6-4-3-5-11/h9,11H,3-8H2,1-2H3/t9-/m0/s1. The molecule has 0 amide bonds. The monoisotopic (exact) mass is 204 g/mol. The molecule has 84 valence electrons. The van der Waals surface area contributed by atoms with Gasteiger partial charge in [-0.2, -0.15) is 0 Å². The van der Waals surface area contributed by atoms with Crippen molar-refractivity contribution in [2.45, 2.75) is 38.6 Å². The molecule has 0 aromatic carbocycles. The van der Waals surface area contributed by atoms with Crippen LogP contribution in [0, 0.1) is 0 Å². The number of aliphatic hydroxyl groups is 1. The van der Waals surface area contributed by atoms with E-state index in [0.29, 0.717) is 19.8 Å². The summed E-state index contributed by atoms with van der Waals surface area (Å²) in [5.41, 5.74) is 0. The second-order valence-electron chi connectivity index (χ2n) is 3.96. The van der Waals surface area contributed by atoms with Crippen LogP contribution in [0.4, 0.5) is 0 Å². The highest BCUT2D eigenvalue weighted by Crippen LogP contribution is 2.22. The highest BCUT2D eigenvalue weighted by atomic mass is 16.7. The Morgan fingerprint density at radius 1 is 1.43 bits per heavy atom. The van der Waals surface area contributed by atoms with E-state index in [1.54, 1.807) is 0 Å². The van der Waals surface area contributed by atoms with E-state index in [0.717, 1.165) is 12.8 Å². The van der Waals surface area contributed by atoms with Gasteiger partial charge in [-0.25, -0.2) is 0 Å². The maximum atomic E-state index is 8.55. The first-order valence-electron chi connectivity index (χ1n) is 5.14. The van der Waals surface area contributed by atoms with Gasteiger partial charge in [0, 0.05) is 13.2 Å². The molecule has 4 nitrogen and oxygen atoms in total. The fraction of sp³-hybridized carbons (Fsp3) is 1.00. The van der Waals surface area contributed by atoms with E-state index in [1.807, 2.05) is 13.8 Å². The van der Waals surface area contributed by atoms with Gasteiger partial charge >= 0.3 is 0 Å². The van der Waals surface area contributed by atoms with Crippen molar-refractivity contribution in [2.75, 3.05) is 26.4 Å². The van der Waals surface area contributed by atoms with Crippen LogP contribution in [0.5, 0.6) is 0 Å². The Balaban J connectivity index is 1.98. The highest BCUT2D eigenvalue weighted by molar-refractivity contribution is 4.70. The molecule has 0 radical (unpaired) electrons. The Kier molecular flexibility index (Phi) is 4.81. The summed E-state index contributed by atoms with van der Waals surface area (Å²) >= 11 is 0. The molecule has 0 unspecified atom stereocenters. The molecule has 1 atom stereocenters. The van der Waals surface area contributed by atoms with Crippen molar-refractivity contribution < 1.29 is 19.3 Å². The summed E-state index contributed by atoms with van der Waals surface area (Å²) in [6, 6.07) is 0. The van der Waals surface area contributed by atoms with Crippen molar-refractivity contribution in [1.82, 2.24) is 0 Å². The maximum Gasteiger partial charge on any atom is 0.163 e. The molecule has 0 bridgehead atoms. The Morgan fingerprint density at radius 2 is 2.21 bits per heavy atom. The summed E-state index contributed by atoms with van der Waals surface area (Å²) < 4.78 is 16.3. The fourth-order valence-electron chi connectivity index (χ4n) is 1.38. The van der Waals surface area contributed by atoms with Gasteiger partial charge in [-0.05, 0) is 26.7 Å². The van der Waals surface area contributed by atoms with Crippen LogP contribution in [0.3, 0.4) is 0 Å². The summed E-state index contributed by atoms with van der Waals surface area (Å²) in [5.74, 6) is -0.459. The van der Waals surface area contributed by atoms with E-state index in [2.05, 4.69) is 0 Å². The second kappa shape index (κ2) is 5.66. The zero-order valence-electron chi connectivity index (χ0n) is 8.99. The van der Waals surface area contributed by atoms with Crippen LogP contribution in [0.1, 0.15) is 26.7 Å². The third-order valence-corrected chi connectivity index (χ3v) is 2.07. The van der Waals surface area contributed by atoms with Crippen molar-refractivity contribution in [1.29, 1.82) is 0 Å². The summed E-state index contributed by atoms with van der Waals surface area (Å²) in [5, 5.41) is 8.55. The van der Waals surface area contributed by atoms with Crippen molar-refractivity contribution in [3.8, 4) is 0 Å². The van der Waals surface area contributed by atoms with E-state index in [1.165, 1.54) is 0 Å². The molecule has 4 heteroatoms. The maximum absolute atomic E-state index is 8.55. The van der Waals surface area contributed by atoms with Crippen LogP contribution in [0.2, 0.25) is 0 Å². The first kappa shape index (κ1) is 11.9. The smallest absolute Gasteiger partial charge is 0.163 e. The predicted molar refractivity (Wildman–Crippen MR) is 52.0 cm³/mol. The molecule has 1 saturated heterocycles. The molecule has 1 rings (SSSR count). The Hall–Kier alpha value is -0.160. The average molecular weight is 204 g/mol. The average Bonchev–Trinajstić information content (AvgIpc) is 2.45. The zero-order valence-corrected chi connectivity index (χ0v) is 8.99. The molecule has 1 heterocycles. The molecular formula is C10H20O4. The van der Waals surface area contributed by atoms with Crippen molar-refractivity contribution in [3.05, 3.63) is 0 Å². The minimum absolute atomic E-state index is 0.0547. The third-order valence-electron chi connectivity index (χ3n) is 2.07. The third kappa shape index (κ3) is 4.37. The van der Waals surface area contributed by atoms with Crippen LogP contribution in [0.15, 0.2) is 0 Å². The molecule has 1 N–H and O–H groups in total. The SMILES string of the molecule is CC1(C)OC[C@H](COCCCCO)O1. The molecule has 1 aliphatic heterocycles. The largest absolute Gasteiger partial charge is 0.396 e. The molecule has 0 saturated carbocycles. The summed E-state index contributed by atoms with van der Waals surface area (Å²) in [4.78, 5) is 0. The van der Waals surface area contributed by atoms with Crippen LogP contribution < -0.4 is 0 Å². The number of hydrogen-bond acceptors (Lipinski definition) is 4. The summed E-state index contributed by atoms with van der Waals surface area (Å²) in [6.45, 7) is 5.90. The number of aliphatic hydroxyl groups excluding tert-OH is 1. The van der Waals surface area contributed by atoms with E-state index < -0.39 is 5.79 Å². The minimum Gasteiger partial charge on any atom is -0.396 e. The second-order valence-corrected chi connectivity index (χ2v) is 3.96. The Labute approximate surface area is 85.2 Å². The van der Waals surface area contributed by atoms with Gasteiger partial charge < -0.3 is 19.3 Å².